The molecule has 2 aliphatic rings. The molecule has 32 heavy (non-hydrogen) atoms. The predicted molar refractivity (Wildman–Crippen MR) is 118 cm³/mol. The summed E-state index contributed by atoms with van der Waals surface area (Å²) in [6, 6.07) is 3.65. The minimum atomic E-state index is -3.44. The van der Waals surface area contributed by atoms with Crippen LogP contribution >= 0.6 is 23.2 Å². The quantitative estimate of drug-likeness (QED) is 0.415. The smallest absolute Gasteiger partial charge is 0.319 e. The SMILES string of the molecule is O=C(Nc1ccc2c(c1)S(=O)(=O)CCO2)NC1CCCc2c1oc1nc(CCl)nc(Cl)c21. The van der Waals surface area contributed by atoms with Crippen LogP contribution < -0.4 is 15.4 Å². The number of hydrogen-bond acceptors (Lipinski definition) is 7. The van der Waals surface area contributed by atoms with E-state index in [1.807, 2.05) is 0 Å². The number of hydrogen-bond donors (Lipinski definition) is 2. The van der Waals surface area contributed by atoms with E-state index in [4.69, 9.17) is 32.4 Å². The Bertz CT molecular complexity index is 1340. The van der Waals surface area contributed by atoms with Crippen LogP contribution in [0.2, 0.25) is 5.15 Å². The van der Waals surface area contributed by atoms with Gasteiger partial charge in [-0.25, -0.2) is 18.2 Å². The summed E-state index contributed by atoms with van der Waals surface area (Å²) in [6.07, 6.45) is 2.21. The van der Waals surface area contributed by atoms with Crippen LogP contribution in [0.1, 0.15) is 36.0 Å². The van der Waals surface area contributed by atoms with Crippen LogP contribution in [0.15, 0.2) is 27.5 Å². The summed E-state index contributed by atoms with van der Waals surface area (Å²) in [7, 11) is -3.44. The lowest BCUT2D eigenvalue weighted by Crippen LogP contribution is -2.34. The molecule has 0 bridgehead atoms. The van der Waals surface area contributed by atoms with Gasteiger partial charge in [-0.3, -0.25) is 0 Å². The fourth-order valence-electron chi connectivity index (χ4n) is 4.06. The van der Waals surface area contributed by atoms with Gasteiger partial charge in [0.15, 0.2) is 9.84 Å². The Morgan fingerprint density at radius 1 is 1.28 bits per heavy atom. The molecule has 9 nitrogen and oxygen atoms in total. The molecular weight excluding hydrogens is 479 g/mol. The van der Waals surface area contributed by atoms with E-state index in [1.54, 1.807) is 6.07 Å². The maximum absolute atomic E-state index is 12.7. The number of carbonyl (C=O) groups is 1. The van der Waals surface area contributed by atoms with Gasteiger partial charge in [-0.1, -0.05) is 11.6 Å². The Labute approximate surface area is 193 Å². The van der Waals surface area contributed by atoms with Crippen molar-refractivity contribution >= 4 is 55.9 Å². The van der Waals surface area contributed by atoms with Crippen LogP contribution in [-0.2, 0) is 22.1 Å². The number of furan rings is 1. The first kappa shape index (κ1) is 21.3. The normalized spacial score (nSPS) is 19.0. The summed E-state index contributed by atoms with van der Waals surface area (Å²) in [4.78, 5) is 21.3. The zero-order valence-corrected chi connectivity index (χ0v) is 19.0. The second kappa shape index (κ2) is 8.09. The Balaban J connectivity index is 1.39. The zero-order chi connectivity index (χ0) is 22.5. The van der Waals surface area contributed by atoms with E-state index in [2.05, 4.69) is 20.6 Å². The maximum Gasteiger partial charge on any atom is 0.319 e. The van der Waals surface area contributed by atoms with E-state index in [0.717, 1.165) is 18.4 Å². The van der Waals surface area contributed by atoms with Crippen LogP contribution in [0.25, 0.3) is 11.1 Å². The van der Waals surface area contributed by atoms with Crippen molar-refractivity contribution < 1.29 is 22.4 Å². The summed E-state index contributed by atoms with van der Waals surface area (Å²) in [5.74, 6) is 1.25. The molecule has 0 spiro atoms. The molecule has 1 aliphatic heterocycles. The number of ether oxygens (including phenoxy) is 1. The summed E-state index contributed by atoms with van der Waals surface area (Å²) in [6.45, 7) is 0.116. The van der Waals surface area contributed by atoms with Gasteiger partial charge >= 0.3 is 6.03 Å². The van der Waals surface area contributed by atoms with Gasteiger partial charge in [-0.2, -0.15) is 4.98 Å². The molecule has 1 unspecified atom stereocenters. The Morgan fingerprint density at radius 3 is 2.94 bits per heavy atom. The van der Waals surface area contributed by atoms with E-state index in [0.29, 0.717) is 34.8 Å². The van der Waals surface area contributed by atoms with Crippen molar-refractivity contribution in [3.05, 3.63) is 40.5 Å². The fourth-order valence-corrected chi connectivity index (χ4v) is 5.73. The van der Waals surface area contributed by atoms with Crippen LogP contribution in [0.3, 0.4) is 0 Å². The lowest BCUT2D eigenvalue weighted by Gasteiger charge is -2.23. The number of urea groups is 1. The first-order valence-electron chi connectivity index (χ1n) is 9.96. The number of amides is 2. The molecule has 5 rings (SSSR count). The number of anilines is 1. The van der Waals surface area contributed by atoms with Crippen molar-refractivity contribution in [3.8, 4) is 5.75 Å². The number of aryl methyl sites for hydroxylation is 1. The molecule has 3 heterocycles. The molecule has 0 fully saturated rings. The van der Waals surface area contributed by atoms with Gasteiger partial charge in [0.1, 0.15) is 34.0 Å². The highest BCUT2D eigenvalue weighted by Crippen LogP contribution is 2.39. The number of aromatic nitrogens is 2. The Morgan fingerprint density at radius 2 is 2.12 bits per heavy atom. The lowest BCUT2D eigenvalue weighted by molar-refractivity contribution is 0.244. The van der Waals surface area contributed by atoms with E-state index in [1.165, 1.54) is 12.1 Å². The molecule has 168 valence electrons. The van der Waals surface area contributed by atoms with Crippen LogP contribution in [0.5, 0.6) is 5.75 Å². The Kier molecular flexibility index (Phi) is 5.39. The van der Waals surface area contributed by atoms with Gasteiger partial charge in [0.2, 0.25) is 5.71 Å². The van der Waals surface area contributed by atoms with Crippen molar-refractivity contribution in [2.45, 2.75) is 36.1 Å². The fraction of sp³-hybridized carbons (Fsp3) is 0.350. The number of sulfone groups is 1. The van der Waals surface area contributed by atoms with Crippen LogP contribution in [0.4, 0.5) is 10.5 Å². The summed E-state index contributed by atoms with van der Waals surface area (Å²) in [5.41, 5.74) is 1.57. The first-order chi connectivity index (χ1) is 15.4. The minimum absolute atomic E-state index is 0.0714. The molecule has 0 saturated carbocycles. The van der Waals surface area contributed by atoms with E-state index in [-0.39, 0.29) is 34.0 Å². The minimum Gasteiger partial charge on any atom is -0.491 e. The lowest BCUT2D eigenvalue weighted by atomic mass is 9.93. The first-order valence-corrected chi connectivity index (χ1v) is 12.5. The zero-order valence-electron chi connectivity index (χ0n) is 16.7. The number of halogens is 2. The number of nitrogens with zero attached hydrogens (tertiary/aromatic N) is 2. The highest BCUT2D eigenvalue weighted by atomic mass is 35.5. The number of carbonyl (C=O) groups excluding carboxylic acids is 1. The maximum atomic E-state index is 12.7. The van der Waals surface area contributed by atoms with Crippen molar-refractivity contribution in [1.29, 1.82) is 0 Å². The van der Waals surface area contributed by atoms with Gasteiger partial charge in [0.25, 0.3) is 0 Å². The standard InChI is InChI=1S/C20H18Cl2N4O5S/c21-9-15-25-18(22)16-11-2-1-3-12(17(11)31-19(16)26-15)24-20(27)23-10-4-5-13-14(8-10)32(28,29)7-6-30-13/h4-5,8,12H,1-3,6-7,9H2,(H2,23,24,27). The highest BCUT2D eigenvalue weighted by molar-refractivity contribution is 7.91. The van der Waals surface area contributed by atoms with Gasteiger partial charge in [0.05, 0.1) is 23.1 Å². The number of benzene rings is 1. The second-order valence-electron chi connectivity index (χ2n) is 7.56. The molecule has 12 heteroatoms. The number of nitrogens with one attached hydrogen (secondary N) is 2. The second-order valence-corrected chi connectivity index (χ2v) is 10.3. The third-order valence-corrected chi connectivity index (χ3v) is 7.70. The summed E-state index contributed by atoms with van der Waals surface area (Å²) >= 11 is 12.2. The molecule has 1 atom stereocenters. The average molecular weight is 497 g/mol. The largest absolute Gasteiger partial charge is 0.491 e. The van der Waals surface area contributed by atoms with Gasteiger partial charge < -0.3 is 19.8 Å². The highest BCUT2D eigenvalue weighted by Gasteiger charge is 2.30. The van der Waals surface area contributed by atoms with Crippen LogP contribution in [-0.4, -0.2) is 36.8 Å². The third-order valence-electron chi connectivity index (χ3n) is 5.49. The van der Waals surface area contributed by atoms with Crippen molar-refractivity contribution in [2.24, 2.45) is 0 Å². The topological polar surface area (TPSA) is 123 Å². The van der Waals surface area contributed by atoms with Gasteiger partial charge in [0, 0.05) is 11.3 Å². The average Bonchev–Trinajstić information content (AvgIpc) is 3.14. The molecule has 3 aromatic rings. The number of fused-ring (bicyclic) bond motifs is 4. The molecule has 1 aromatic carbocycles. The monoisotopic (exact) mass is 496 g/mol. The third kappa shape index (κ3) is 3.76. The van der Waals surface area contributed by atoms with E-state index in [9.17, 15) is 13.2 Å². The predicted octanol–water partition coefficient (Wildman–Crippen LogP) is 3.98. The number of alkyl halides is 1. The summed E-state index contributed by atoms with van der Waals surface area (Å²) in [5, 5.41) is 6.50. The molecule has 0 saturated heterocycles. The summed E-state index contributed by atoms with van der Waals surface area (Å²) < 4.78 is 35.9. The molecule has 0 radical (unpaired) electrons. The molecule has 2 amide bonds. The molecule has 1 aliphatic carbocycles. The van der Waals surface area contributed by atoms with Crippen LogP contribution in [0, 0.1) is 0 Å². The number of rotatable bonds is 3. The molecule has 2 aromatic heterocycles. The van der Waals surface area contributed by atoms with E-state index >= 15 is 0 Å². The molecule has 2 N–H and O–H groups in total. The van der Waals surface area contributed by atoms with Crippen molar-refractivity contribution in [3.63, 3.8) is 0 Å². The van der Waals surface area contributed by atoms with E-state index < -0.39 is 21.9 Å². The molecular formula is C20H18Cl2N4O5S. The van der Waals surface area contributed by atoms with Crippen molar-refractivity contribution in [2.75, 3.05) is 17.7 Å². The van der Waals surface area contributed by atoms with Gasteiger partial charge in [-0.15, -0.1) is 11.6 Å². The Hall–Kier alpha value is -2.56. The van der Waals surface area contributed by atoms with Crippen molar-refractivity contribution in [1.82, 2.24) is 15.3 Å². The van der Waals surface area contributed by atoms with Gasteiger partial charge in [-0.05, 0) is 37.5 Å².